The predicted molar refractivity (Wildman–Crippen MR) is 131 cm³/mol. The summed E-state index contributed by atoms with van der Waals surface area (Å²) >= 11 is 10.0. The van der Waals surface area contributed by atoms with Gasteiger partial charge in [-0.1, -0.05) is 76.1 Å². The molecule has 0 radical (unpaired) electrons. The molecular weight excluding hydrogens is 504 g/mol. The normalized spacial score (nSPS) is 20.1. The summed E-state index contributed by atoms with van der Waals surface area (Å²) in [5.74, 6) is -0.240. The van der Waals surface area contributed by atoms with Gasteiger partial charge < -0.3 is 18.8 Å². The highest BCUT2D eigenvalue weighted by Gasteiger charge is 2.45. The van der Waals surface area contributed by atoms with E-state index in [4.69, 9.17) is 25.8 Å². The lowest BCUT2D eigenvalue weighted by Crippen LogP contribution is -2.34. The smallest absolute Gasteiger partial charge is 0.215 e. The second-order valence-electron chi connectivity index (χ2n) is 7.86. The Bertz CT molecular complexity index is 1200. The summed E-state index contributed by atoms with van der Waals surface area (Å²) < 4.78 is 21.5. The fourth-order valence-corrected chi connectivity index (χ4v) is 4.76. The highest BCUT2D eigenvalue weighted by molar-refractivity contribution is 9.10. The molecule has 5 nitrogen and oxygen atoms in total. The van der Waals surface area contributed by atoms with E-state index in [1.165, 1.54) is 5.56 Å². The van der Waals surface area contributed by atoms with Gasteiger partial charge in [0.25, 0.3) is 0 Å². The SMILES string of the molecule is Clc1cc(Br)ccc1C1(Cn2ccnc2)OCC(COc2ccc(-c3ccccc3)cc2)O1. The fourth-order valence-electron chi connectivity index (χ4n) is 3.94. The summed E-state index contributed by atoms with van der Waals surface area (Å²) in [5.41, 5.74) is 3.09. The van der Waals surface area contributed by atoms with Gasteiger partial charge in [-0.2, -0.15) is 0 Å². The Kier molecular flexibility index (Phi) is 6.51. The molecule has 1 fully saturated rings. The van der Waals surface area contributed by atoms with E-state index in [0.29, 0.717) is 24.8 Å². The number of imidazole rings is 1. The van der Waals surface area contributed by atoms with E-state index in [-0.39, 0.29) is 6.10 Å². The number of hydrogen-bond donors (Lipinski definition) is 0. The number of aromatic nitrogens is 2. The Hall–Kier alpha value is -2.64. The Morgan fingerprint density at radius 1 is 1.06 bits per heavy atom. The van der Waals surface area contributed by atoms with Crippen molar-refractivity contribution in [2.75, 3.05) is 13.2 Å². The zero-order chi connectivity index (χ0) is 22.7. The minimum atomic E-state index is -1.02. The lowest BCUT2D eigenvalue weighted by molar-refractivity contribution is -0.189. The van der Waals surface area contributed by atoms with E-state index in [1.807, 2.05) is 59.3 Å². The topological polar surface area (TPSA) is 45.5 Å². The predicted octanol–water partition coefficient (Wildman–Crippen LogP) is 6.31. The summed E-state index contributed by atoms with van der Waals surface area (Å²) in [6.07, 6.45) is 5.09. The second-order valence-corrected chi connectivity index (χ2v) is 9.19. The standard InChI is InChI=1S/C26H22BrClN2O3/c27-21-8-11-24(25(28)14-21)26(17-30-13-12-29-18-30)32-16-23(33-26)15-31-22-9-6-20(7-10-22)19-4-2-1-3-5-19/h1-14,18,23H,15-17H2. The van der Waals surface area contributed by atoms with Crippen LogP contribution in [0.5, 0.6) is 5.75 Å². The first kappa shape index (κ1) is 22.2. The van der Waals surface area contributed by atoms with E-state index in [2.05, 4.69) is 45.2 Å². The molecule has 1 aromatic heterocycles. The number of hydrogen-bond acceptors (Lipinski definition) is 4. The molecule has 0 N–H and O–H groups in total. The van der Waals surface area contributed by atoms with E-state index in [1.54, 1.807) is 12.5 Å². The van der Waals surface area contributed by atoms with E-state index >= 15 is 0 Å². The van der Waals surface area contributed by atoms with Crippen LogP contribution in [0.1, 0.15) is 5.56 Å². The highest BCUT2D eigenvalue weighted by atomic mass is 79.9. The highest BCUT2D eigenvalue weighted by Crippen LogP contribution is 2.40. The van der Waals surface area contributed by atoms with Crippen molar-refractivity contribution < 1.29 is 14.2 Å². The van der Waals surface area contributed by atoms with Crippen LogP contribution in [0.25, 0.3) is 11.1 Å². The number of rotatable bonds is 7. The number of benzene rings is 3. The number of nitrogens with zero attached hydrogens (tertiary/aromatic N) is 2. The van der Waals surface area contributed by atoms with Gasteiger partial charge in [-0.25, -0.2) is 4.98 Å². The molecule has 0 bridgehead atoms. The van der Waals surface area contributed by atoms with Crippen molar-refractivity contribution in [3.05, 3.63) is 107 Å². The van der Waals surface area contributed by atoms with Gasteiger partial charge in [0.1, 0.15) is 18.5 Å². The van der Waals surface area contributed by atoms with Gasteiger partial charge in [0, 0.05) is 22.4 Å². The molecule has 1 saturated heterocycles. The van der Waals surface area contributed by atoms with Crippen LogP contribution in [0.4, 0.5) is 0 Å². The molecule has 5 rings (SSSR count). The summed E-state index contributed by atoms with van der Waals surface area (Å²) in [7, 11) is 0. The van der Waals surface area contributed by atoms with Crippen molar-refractivity contribution in [3.63, 3.8) is 0 Å². The maximum Gasteiger partial charge on any atom is 0.215 e. The Balaban J connectivity index is 1.29. The molecule has 4 aromatic rings. The number of ether oxygens (including phenoxy) is 3. The van der Waals surface area contributed by atoms with Crippen molar-refractivity contribution >= 4 is 27.5 Å². The van der Waals surface area contributed by atoms with Gasteiger partial charge in [-0.3, -0.25) is 0 Å². The lowest BCUT2D eigenvalue weighted by atomic mass is 10.1. The third-order valence-electron chi connectivity index (χ3n) is 5.55. The van der Waals surface area contributed by atoms with Crippen LogP contribution in [-0.4, -0.2) is 28.9 Å². The van der Waals surface area contributed by atoms with Crippen LogP contribution in [-0.2, 0) is 21.8 Å². The molecule has 2 atom stereocenters. The van der Waals surface area contributed by atoms with Gasteiger partial charge in [0.2, 0.25) is 5.79 Å². The van der Waals surface area contributed by atoms with Gasteiger partial charge >= 0.3 is 0 Å². The van der Waals surface area contributed by atoms with Gasteiger partial charge in [-0.05, 0) is 35.4 Å². The molecule has 1 aliphatic rings. The largest absolute Gasteiger partial charge is 0.491 e. The van der Waals surface area contributed by atoms with E-state index in [0.717, 1.165) is 21.3 Å². The molecule has 2 unspecified atom stereocenters. The maximum absolute atomic E-state index is 6.58. The van der Waals surface area contributed by atoms with Crippen LogP contribution in [0.15, 0.2) is 96.0 Å². The average Bonchev–Trinajstić information content (AvgIpc) is 3.49. The zero-order valence-corrected chi connectivity index (χ0v) is 20.1. The van der Waals surface area contributed by atoms with Crippen molar-refractivity contribution in [2.45, 2.75) is 18.4 Å². The molecule has 168 valence electrons. The molecule has 33 heavy (non-hydrogen) atoms. The quantitative estimate of drug-likeness (QED) is 0.283. The first-order chi connectivity index (χ1) is 16.1. The van der Waals surface area contributed by atoms with Crippen molar-refractivity contribution in [3.8, 4) is 16.9 Å². The monoisotopic (exact) mass is 524 g/mol. The first-order valence-electron chi connectivity index (χ1n) is 10.6. The van der Waals surface area contributed by atoms with E-state index < -0.39 is 5.79 Å². The van der Waals surface area contributed by atoms with E-state index in [9.17, 15) is 0 Å². The Labute approximate surface area is 206 Å². The lowest BCUT2D eigenvalue weighted by Gasteiger charge is -2.30. The third kappa shape index (κ3) is 4.99. The van der Waals surface area contributed by atoms with Crippen LogP contribution in [0.2, 0.25) is 5.02 Å². The van der Waals surface area contributed by atoms with Crippen LogP contribution in [0, 0.1) is 0 Å². The van der Waals surface area contributed by atoms with Crippen molar-refractivity contribution in [1.29, 1.82) is 0 Å². The minimum Gasteiger partial charge on any atom is -0.491 e. The molecule has 3 aromatic carbocycles. The molecule has 0 aliphatic carbocycles. The molecule has 1 aliphatic heterocycles. The average molecular weight is 526 g/mol. The summed E-state index contributed by atoms with van der Waals surface area (Å²) in [6, 6.07) is 24.0. The first-order valence-corrected chi connectivity index (χ1v) is 11.8. The molecular formula is C26H22BrClN2O3. The van der Waals surface area contributed by atoms with Gasteiger partial charge in [0.05, 0.1) is 24.5 Å². The summed E-state index contributed by atoms with van der Waals surface area (Å²) in [4.78, 5) is 4.14. The fraction of sp³-hybridized carbons (Fsp3) is 0.192. The van der Waals surface area contributed by atoms with Gasteiger partial charge in [0.15, 0.2) is 0 Å². The second kappa shape index (κ2) is 9.69. The molecule has 0 saturated carbocycles. The number of halogens is 2. The van der Waals surface area contributed by atoms with Crippen molar-refractivity contribution in [1.82, 2.24) is 9.55 Å². The van der Waals surface area contributed by atoms with Crippen LogP contribution >= 0.6 is 27.5 Å². The third-order valence-corrected chi connectivity index (χ3v) is 6.35. The minimum absolute atomic E-state index is 0.248. The molecule has 0 spiro atoms. The maximum atomic E-state index is 6.58. The summed E-state index contributed by atoms with van der Waals surface area (Å²) in [5, 5.41) is 0.572. The Morgan fingerprint density at radius 3 is 2.58 bits per heavy atom. The van der Waals surface area contributed by atoms with Gasteiger partial charge in [-0.15, -0.1) is 0 Å². The molecule has 7 heteroatoms. The molecule has 0 amide bonds. The Morgan fingerprint density at radius 2 is 1.85 bits per heavy atom. The van der Waals surface area contributed by atoms with Crippen LogP contribution < -0.4 is 4.74 Å². The van der Waals surface area contributed by atoms with Crippen molar-refractivity contribution in [2.24, 2.45) is 0 Å². The summed E-state index contributed by atoms with van der Waals surface area (Å²) in [6.45, 7) is 1.18. The molecule has 2 heterocycles. The zero-order valence-electron chi connectivity index (χ0n) is 17.7. The van der Waals surface area contributed by atoms with Crippen LogP contribution in [0.3, 0.4) is 0 Å².